The van der Waals surface area contributed by atoms with Gasteiger partial charge >= 0.3 is 5.97 Å². The Balaban J connectivity index is 1.18. The molecule has 32 heavy (non-hydrogen) atoms. The molecule has 2 aromatic rings. The second-order valence-corrected chi connectivity index (χ2v) is 10.6. The average Bonchev–Trinajstić information content (AvgIpc) is 3.28. The van der Waals surface area contributed by atoms with Crippen molar-refractivity contribution in [3.8, 4) is 11.5 Å². The molecule has 4 aliphatic carbocycles. The lowest BCUT2D eigenvalue weighted by Crippen LogP contribution is -2.47. The summed E-state index contributed by atoms with van der Waals surface area (Å²) in [5.41, 5.74) is 3.66. The van der Waals surface area contributed by atoms with Gasteiger partial charge in [-0.05, 0) is 96.9 Å². The fourth-order valence-electron chi connectivity index (χ4n) is 6.46. The number of rotatable bonds is 7. The highest BCUT2D eigenvalue weighted by molar-refractivity contribution is 7.12. The van der Waals surface area contributed by atoms with E-state index in [0.29, 0.717) is 22.8 Å². The Kier molecular flexibility index (Phi) is 5.76. The summed E-state index contributed by atoms with van der Waals surface area (Å²) in [4.78, 5) is 25.3. The maximum Gasteiger partial charge on any atom is 0.353 e. The van der Waals surface area contributed by atoms with Crippen LogP contribution in [0.15, 0.2) is 40.8 Å². The van der Waals surface area contributed by atoms with Crippen molar-refractivity contribution in [1.82, 2.24) is 5.43 Å². The van der Waals surface area contributed by atoms with Gasteiger partial charge < -0.3 is 9.47 Å². The summed E-state index contributed by atoms with van der Waals surface area (Å²) in [5, 5.41) is 5.98. The van der Waals surface area contributed by atoms with E-state index >= 15 is 0 Å². The summed E-state index contributed by atoms with van der Waals surface area (Å²) in [6.45, 7) is 0. The number of hydrogen-bond acceptors (Lipinski definition) is 6. The lowest BCUT2D eigenvalue weighted by molar-refractivity contribution is -0.129. The van der Waals surface area contributed by atoms with Crippen LogP contribution in [0.25, 0.3) is 0 Å². The lowest BCUT2D eigenvalue weighted by atomic mass is 9.49. The summed E-state index contributed by atoms with van der Waals surface area (Å²) in [5.74, 6) is 2.84. The predicted octanol–water partition coefficient (Wildman–Crippen LogP) is 5.03. The fraction of sp³-hybridized carbons (Fsp3) is 0.480. The van der Waals surface area contributed by atoms with E-state index in [1.54, 1.807) is 36.5 Å². The first kappa shape index (κ1) is 21.2. The SMILES string of the molecule is COc1cc(/C=N\NC(=O)CC23CC4CC(CC(C4)C2)C3)ccc1OC(=O)c1cccs1. The van der Waals surface area contributed by atoms with Crippen LogP contribution < -0.4 is 14.9 Å². The Morgan fingerprint density at radius 1 is 1.12 bits per heavy atom. The number of carbonyl (C=O) groups is 2. The molecule has 6 nitrogen and oxygen atoms in total. The van der Waals surface area contributed by atoms with E-state index in [-0.39, 0.29) is 11.3 Å². The van der Waals surface area contributed by atoms with Crippen molar-refractivity contribution in [1.29, 1.82) is 0 Å². The number of hydrogen-bond donors (Lipinski definition) is 1. The molecule has 6 rings (SSSR count). The number of nitrogens with zero attached hydrogens (tertiary/aromatic N) is 1. The summed E-state index contributed by atoms with van der Waals surface area (Å²) in [6, 6.07) is 8.69. The molecule has 0 spiro atoms. The van der Waals surface area contributed by atoms with Crippen LogP contribution in [0.1, 0.15) is 60.2 Å². The number of carbonyl (C=O) groups excluding carboxylic acids is 2. The Labute approximate surface area is 192 Å². The van der Waals surface area contributed by atoms with Gasteiger partial charge in [0.05, 0.1) is 13.3 Å². The van der Waals surface area contributed by atoms with Gasteiger partial charge in [0, 0.05) is 6.42 Å². The molecule has 4 saturated carbocycles. The van der Waals surface area contributed by atoms with E-state index in [9.17, 15) is 9.59 Å². The van der Waals surface area contributed by atoms with Crippen LogP contribution in [-0.4, -0.2) is 25.2 Å². The molecule has 1 aromatic heterocycles. The molecule has 4 aliphatic rings. The van der Waals surface area contributed by atoms with Crippen molar-refractivity contribution in [2.24, 2.45) is 28.3 Å². The highest BCUT2D eigenvalue weighted by Crippen LogP contribution is 2.61. The molecule has 0 radical (unpaired) electrons. The van der Waals surface area contributed by atoms with Crippen LogP contribution >= 0.6 is 11.3 Å². The zero-order chi connectivity index (χ0) is 22.1. The average molecular weight is 453 g/mol. The smallest absolute Gasteiger partial charge is 0.353 e. The fourth-order valence-corrected chi connectivity index (χ4v) is 7.06. The molecule has 7 heteroatoms. The van der Waals surface area contributed by atoms with E-state index in [2.05, 4.69) is 10.5 Å². The van der Waals surface area contributed by atoms with E-state index in [4.69, 9.17) is 9.47 Å². The van der Waals surface area contributed by atoms with Crippen molar-refractivity contribution in [3.05, 3.63) is 46.2 Å². The van der Waals surface area contributed by atoms with Gasteiger partial charge in [-0.25, -0.2) is 10.2 Å². The first-order valence-electron chi connectivity index (χ1n) is 11.3. The van der Waals surface area contributed by atoms with E-state index in [0.717, 1.165) is 23.3 Å². The molecule has 0 saturated heterocycles. The quantitative estimate of drug-likeness (QED) is 0.277. The van der Waals surface area contributed by atoms with Crippen LogP contribution in [0.5, 0.6) is 11.5 Å². The van der Waals surface area contributed by atoms with Crippen LogP contribution in [0, 0.1) is 23.2 Å². The van der Waals surface area contributed by atoms with Crippen molar-refractivity contribution in [3.63, 3.8) is 0 Å². The van der Waals surface area contributed by atoms with Gasteiger partial charge in [0.2, 0.25) is 5.91 Å². The molecule has 1 amide bonds. The second-order valence-electron chi connectivity index (χ2n) is 9.66. The molecular formula is C25H28N2O4S. The first-order chi connectivity index (χ1) is 15.5. The number of esters is 1. The van der Waals surface area contributed by atoms with Gasteiger partial charge in [0.15, 0.2) is 11.5 Å². The van der Waals surface area contributed by atoms with E-state index < -0.39 is 5.97 Å². The second kappa shape index (κ2) is 8.70. The third-order valence-electron chi connectivity index (χ3n) is 7.22. The maximum absolute atomic E-state index is 12.6. The third-order valence-corrected chi connectivity index (χ3v) is 8.07. The van der Waals surface area contributed by atoms with Crippen molar-refractivity contribution >= 4 is 29.4 Å². The first-order valence-corrected chi connectivity index (χ1v) is 12.2. The van der Waals surface area contributed by atoms with Gasteiger partial charge in [-0.2, -0.15) is 5.10 Å². The van der Waals surface area contributed by atoms with E-state index in [1.807, 2.05) is 5.38 Å². The topological polar surface area (TPSA) is 77.0 Å². The molecule has 0 atom stereocenters. The Hall–Kier alpha value is -2.67. The summed E-state index contributed by atoms with van der Waals surface area (Å²) in [6.07, 6.45) is 9.91. The van der Waals surface area contributed by atoms with Crippen molar-refractivity contribution in [2.75, 3.05) is 7.11 Å². The highest BCUT2D eigenvalue weighted by Gasteiger charge is 2.51. The number of methoxy groups -OCH3 is 1. The van der Waals surface area contributed by atoms with Gasteiger partial charge in [0.1, 0.15) is 4.88 Å². The minimum atomic E-state index is -0.420. The third kappa shape index (κ3) is 4.44. The molecule has 1 N–H and O–H groups in total. The normalized spacial score (nSPS) is 28.1. The number of hydrazone groups is 1. The van der Waals surface area contributed by atoms with Crippen molar-refractivity contribution in [2.45, 2.75) is 44.9 Å². The minimum absolute atomic E-state index is 0.00309. The lowest BCUT2D eigenvalue weighted by Gasteiger charge is -2.56. The van der Waals surface area contributed by atoms with Gasteiger partial charge in [-0.3, -0.25) is 4.79 Å². The minimum Gasteiger partial charge on any atom is -0.493 e. The monoisotopic (exact) mass is 452 g/mol. The largest absolute Gasteiger partial charge is 0.493 e. The van der Waals surface area contributed by atoms with Crippen LogP contribution in [0.3, 0.4) is 0 Å². The van der Waals surface area contributed by atoms with Crippen LogP contribution in [0.2, 0.25) is 0 Å². The number of amides is 1. The Morgan fingerprint density at radius 2 is 1.84 bits per heavy atom. The maximum atomic E-state index is 12.6. The van der Waals surface area contributed by atoms with E-state index in [1.165, 1.54) is 57.0 Å². The summed E-state index contributed by atoms with van der Waals surface area (Å²) < 4.78 is 10.8. The predicted molar refractivity (Wildman–Crippen MR) is 123 cm³/mol. The van der Waals surface area contributed by atoms with Gasteiger partial charge in [-0.15, -0.1) is 11.3 Å². The Morgan fingerprint density at radius 3 is 2.47 bits per heavy atom. The van der Waals surface area contributed by atoms with Crippen LogP contribution in [-0.2, 0) is 4.79 Å². The van der Waals surface area contributed by atoms with Crippen molar-refractivity contribution < 1.29 is 19.1 Å². The Bertz CT molecular complexity index is 995. The highest BCUT2D eigenvalue weighted by atomic mass is 32.1. The number of benzene rings is 1. The molecule has 4 bridgehead atoms. The number of thiophene rings is 1. The summed E-state index contributed by atoms with van der Waals surface area (Å²) in [7, 11) is 1.52. The van der Waals surface area contributed by atoms with Gasteiger partial charge in [-0.1, -0.05) is 6.07 Å². The zero-order valence-corrected chi connectivity index (χ0v) is 19.0. The molecule has 0 unspecified atom stereocenters. The molecular weight excluding hydrogens is 424 g/mol. The van der Waals surface area contributed by atoms with Gasteiger partial charge in [0.25, 0.3) is 0 Å². The van der Waals surface area contributed by atoms with Crippen LogP contribution in [0.4, 0.5) is 0 Å². The number of ether oxygens (including phenoxy) is 2. The summed E-state index contributed by atoms with van der Waals surface area (Å²) >= 11 is 1.32. The molecule has 4 fully saturated rings. The molecule has 1 heterocycles. The molecule has 0 aliphatic heterocycles. The zero-order valence-electron chi connectivity index (χ0n) is 18.2. The standard InChI is InChI=1S/C25H28N2O4S/c1-30-21-10-16(4-5-20(21)31-24(29)22-3-2-6-32-22)15-26-27-23(28)14-25-11-17-7-18(12-25)9-19(8-17)13-25/h2-6,10,15,17-19H,7-9,11-14H2,1H3,(H,27,28)/b26-15-. The molecule has 168 valence electrons. The molecule has 1 aromatic carbocycles. The number of nitrogens with one attached hydrogen (secondary N) is 1.